The van der Waals surface area contributed by atoms with Crippen LogP contribution >= 0.6 is 0 Å². The molecular formula is C14H23N3O. The highest BCUT2D eigenvalue weighted by Gasteiger charge is 2.29. The first-order valence-corrected chi connectivity index (χ1v) is 7.19. The Hall–Kier alpha value is -0.870. The Morgan fingerprint density at radius 3 is 3.11 bits per heavy atom. The van der Waals surface area contributed by atoms with Crippen LogP contribution < -0.4 is 5.32 Å². The zero-order chi connectivity index (χ0) is 12.4. The number of rotatable bonds is 3. The lowest BCUT2D eigenvalue weighted by Gasteiger charge is -2.35. The van der Waals surface area contributed by atoms with Crippen molar-refractivity contribution < 1.29 is 4.52 Å². The Kier molecular flexibility index (Phi) is 3.66. The van der Waals surface area contributed by atoms with Crippen LogP contribution in [0.5, 0.6) is 0 Å². The minimum atomic E-state index is 0.754. The first kappa shape index (κ1) is 12.2. The Bertz CT molecular complexity index is 384. The normalized spacial score (nSPS) is 29.8. The lowest BCUT2D eigenvalue weighted by atomic mass is 9.90. The second kappa shape index (κ2) is 5.41. The molecule has 2 aliphatic rings. The van der Waals surface area contributed by atoms with Gasteiger partial charge < -0.3 is 9.84 Å². The standard InChI is InChI=1S/C14H23N3O/c1-11-8-13(18-16-11)10-17-7-3-4-12(9-17)14-5-2-6-15-14/h8,12,14-15H,2-7,9-10H2,1H3. The number of likely N-dealkylation sites (tertiary alicyclic amines) is 1. The molecule has 100 valence electrons. The molecule has 0 amide bonds. The molecule has 0 radical (unpaired) electrons. The predicted molar refractivity (Wildman–Crippen MR) is 70.3 cm³/mol. The molecule has 0 bridgehead atoms. The summed E-state index contributed by atoms with van der Waals surface area (Å²) in [5.41, 5.74) is 0.982. The summed E-state index contributed by atoms with van der Waals surface area (Å²) in [4.78, 5) is 2.52. The average Bonchev–Trinajstić information content (AvgIpc) is 3.01. The van der Waals surface area contributed by atoms with E-state index in [0.29, 0.717) is 0 Å². The first-order valence-electron chi connectivity index (χ1n) is 7.19. The van der Waals surface area contributed by atoms with Gasteiger partial charge in [0.15, 0.2) is 5.76 Å². The van der Waals surface area contributed by atoms with Gasteiger partial charge in [0.1, 0.15) is 0 Å². The van der Waals surface area contributed by atoms with E-state index in [4.69, 9.17) is 4.52 Å². The quantitative estimate of drug-likeness (QED) is 0.889. The van der Waals surface area contributed by atoms with Crippen molar-refractivity contribution in [3.63, 3.8) is 0 Å². The van der Waals surface area contributed by atoms with Crippen LogP contribution in [0.2, 0.25) is 0 Å². The highest BCUT2D eigenvalue weighted by atomic mass is 16.5. The maximum Gasteiger partial charge on any atom is 0.150 e. The van der Waals surface area contributed by atoms with Gasteiger partial charge in [-0.3, -0.25) is 4.90 Å². The zero-order valence-corrected chi connectivity index (χ0v) is 11.2. The Labute approximate surface area is 109 Å². The van der Waals surface area contributed by atoms with Gasteiger partial charge in [0.05, 0.1) is 12.2 Å². The van der Waals surface area contributed by atoms with Gasteiger partial charge in [-0.25, -0.2) is 0 Å². The van der Waals surface area contributed by atoms with E-state index < -0.39 is 0 Å². The molecule has 2 aliphatic heterocycles. The van der Waals surface area contributed by atoms with Gasteiger partial charge in [0.25, 0.3) is 0 Å². The molecule has 0 saturated carbocycles. The summed E-state index contributed by atoms with van der Waals surface area (Å²) in [7, 11) is 0. The van der Waals surface area contributed by atoms with E-state index in [2.05, 4.69) is 21.4 Å². The molecule has 0 aliphatic carbocycles. The maximum atomic E-state index is 5.32. The molecule has 2 unspecified atom stereocenters. The third-order valence-electron chi connectivity index (χ3n) is 4.27. The van der Waals surface area contributed by atoms with Gasteiger partial charge in [0, 0.05) is 18.7 Å². The molecule has 2 fully saturated rings. The number of piperidine rings is 1. The topological polar surface area (TPSA) is 41.3 Å². The van der Waals surface area contributed by atoms with Crippen molar-refractivity contribution >= 4 is 0 Å². The molecule has 18 heavy (non-hydrogen) atoms. The lowest BCUT2D eigenvalue weighted by Crippen LogP contribution is -2.43. The van der Waals surface area contributed by atoms with Crippen molar-refractivity contribution in [1.82, 2.24) is 15.4 Å². The number of aromatic nitrogens is 1. The van der Waals surface area contributed by atoms with E-state index in [1.165, 1.54) is 45.3 Å². The van der Waals surface area contributed by atoms with Crippen molar-refractivity contribution in [2.24, 2.45) is 5.92 Å². The van der Waals surface area contributed by atoms with Crippen LogP contribution in [0.3, 0.4) is 0 Å². The number of nitrogens with one attached hydrogen (secondary N) is 1. The molecule has 1 N–H and O–H groups in total. The highest BCUT2D eigenvalue weighted by molar-refractivity contribution is 5.03. The second-order valence-corrected chi connectivity index (χ2v) is 5.77. The van der Waals surface area contributed by atoms with E-state index in [0.717, 1.165) is 30.0 Å². The van der Waals surface area contributed by atoms with Crippen molar-refractivity contribution in [3.05, 3.63) is 17.5 Å². The van der Waals surface area contributed by atoms with Gasteiger partial charge in [-0.15, -0.1) is 0 Å². The molecule has 1 aromatic heterocycles. The fourth-order valence-electron chi connectivity index (χ4n) is 3.39. The van der Waals surface area contributed by atoms with Gasteiger partial charge in [-0.05, 0) is 51.6 Å². The summed E-state index contributed by atoms with van der Waals surface area (Å²) >= 11 is 0. The summed E-state index contributed by atoms with van der Waals surface area (Å²) in [5.74, 6) is 1.83. The Balaban J connectivity index is 1.56. The van der Waals surface area contributed by atoms with Crippen molar-refractivity contribution in [3.8, 4) is 0 Å². The molecular weight excluding hydrogens is 226 g/mol. The molecule has 4 heteroatoms. The first-order chi connectivity index (χ1) is 8.81. The van der Waals surface area contributed by atoms with Crippen molar-refractivity contribution in [2.45, 2.75) is 45.2 Å². The summed E-state index contributed by atoms with van der Waals surface area (Å²) in [6.07, 6.45) is 5.40. The number of hydrogen-bond acceptors (Lipinski definition) is 4. The smallest absolute Gasteiger partial charge is 0.150 e. The fraction of sp³-hybridized carbons (Fsp3) is 0.786. The van der Waals surface area contributed by atoms with Crippen LogP contribution in [-0.2, 0) is 6.54 Å². The summed E-state index contributed by atoms with van der Waals surface area (Å²) in [6.45, 7) is 6.52. The van der Waals surface area contributed by atoms with E-state index in [-0.39, 0.29) is 0 Å². The molecule has 2 atom stereocenters. The molecule has 0 spiro atoms. The monoisotopic (exact) mass is 249 g/mol. The molecule has 3 rings (SSSR count). The van der Waals surface area contributed by atoms with Gasteiger partial charge in [-0.1, -0.05) is 5.16 Å². The van der Waals surface area contributed by atoms with Gasteiger partial charge in [-0.2, -0.15) is 0 Å². The van der Waals surface area contributed by atoms with E-state index in [1.807, 2.05) is 6.92 Å². The van der Waals surface area contributed by atoms with Crippen molar-refractivity contribution in [1.29, 1.82) is 0 Å². The number of nitrogens with zero attached hydrogens (tertiary/aromatic N) is 2. The average molecular weight is 249 g/mol. The maximum absolute atomic E-state index is 5.32. The zero-order valence-electron chi connectivity index (χ0n) is 11.2. The molecule has 4 nitrogen and oxygen atoms in total. The Morgan fingerprint density at radius 1 is 1.44 bits per heavy atom. The van der Waals surface area contributed by atoms with Gasteiger partial charge >= 0.3 is 0 Å². The lowest BCUT2D eigenvalue weighted by molar-refractivity contribution is 0.133. The minimum Gasteiger partial charge on any atom is -0.360 e. The second-order valence-electron chi connectivity index (χ2n) is 5.77. The SMILES string of the molecule is Cc1cc(CN2CCCC(C3CCCN3)C2)on1. The number of hydrogen-bond donors (Lipinski definition) is 1. The third kappa shape index (κ3) is 2.75. The molecule has 3 heterocycles. The molecule has 1 aromatic rings. The molecule has 2 saturated heterocycles. The van der Waals surface area contributed by atoms with E-state index >= 15 is 0 Å². The fourth-order valence-corrected chi connectivity index (χ4v) is 3.39. The van der Waals surface area contributed by atoms with Crippen LogP contribution in [0.15, 0.2) is 10.6 Å². The van der Waals surface area contributed by atoms with Crippen LogP contribution in [0.1, 0.15) is 37.1 Å². The van der Waals surface area contributed by atoms with E-state index in [9.17, 15) is 0 Å². The third-order valence-corrected chi connectivity index (χ3v) is 4.27. The summed E-state index contributed by atoms with van der Waals surface area (Å²) in [6, 6.07) is 2.81. The highest BCUT2D eigenvalue weighted by Crippen LogP contribution is 2.25. The van der Waals surface area contributed by atoms with Gasteiger partial charge in [0.2, 0.25) is 0 Å². The molecule has 0 aromatic carbocycles. The van der Waals surface area contributed by atoms with Crippen LogP contribution in [-0.4, -0.2) is 35.7 Å². The van der Waals surface area contributed by atoms with Crippen LogP contribution in [0.4, 0.5) is 0 Å². The van der Waals surface area contributed by atoms with Crippen LogP contribution in [0.25, 0.3) is 0 Å². The van der Waals surface area contributed by atoms with Crippen LogP contribution in [0, 0.1) is 12.8 Å². The number of aryl methyl sites for hydroxylation is 1. The summed E-state index contributed by atoms with van der Waals surface area (Å²) < 4.78 is 5.32. The largest absolute Gasteiger partial charge is 0.360 e. The Morgan fingerprint density at radius 2 is 2.39 bits per heavy atom. The van der Waals surface area contributed by atoms with Crippen molar-refractivity contribution in [2.75, 3.05) is 19.6 Å². The predicted octanol–water partition coefficient (Wildman–Crippen LogP) is 1.95. The van der Waals surface area contributed by atoms with E-state index in [1.54, 1.807) is 0 Å². The minimum absolute atomic E-state index is 0.754. The summed E-state index contributed by atoms with van der Waals surface area (Å²) in [5, 5.41) is 7.62.